The van der Waals surface area contributed by atoms with Gasteiger partial charge < -0.3 is 15.4 Å². The van der Waals surface area contributed by atoms with Gasteiger partial charge in [0.1, 0.15) is 11.4 Å². The molecule has 4 nitrogen and oxygen atoms in total. The number of carbonyl (C=O) groups is 1. The van der Waals surface area contributed by atoms with Gasteiger partial charge in [0.05, 0.1) is 0 Å². The van der Waals surface area contributed by atoms with E-state index in [1.54, 1.807) is 0 Å². The molecule has 2 N–H and O–H groups in total. The second-order valence-corrected chi connectivity index (χ2v) is 6.99. The van der Waals surface area contributed by atoms with Gasteiger partial charge in [-0.3, -0.25) is 0 Å². The van der Waals surface area contributed by atoms with Crippen LogP contribution in [-0.2, 0) is 6.42 Å². The highest BCUT2D eigenvalue weighted by Crippen LogP contribution is 2.19. The lowest BCUT2D eigenvalue weighted by molar-refractivity contribution is 0.131. The number of rotatable bonds is 5. The molecule has 1 aromatic carbocycles. The summed E-state index contributed by atoms with van der Waals surface area (Å²) in [5.74, 6) is 0.878. The van der Waals surface area contributed by atoms with Crippen LogP contribution < -0.4 is 15.4 Å². The lowest BCUT2D eigenvalue weighted by Crippen LogP contribution is -2.41. The molecule has 2 rings (SSSR count). The van der Waals surface area contributed by atoms with Gasteiger partial charge in [-0.15, -0.1) is 0 Å². The van der Waals surface area contributed by atoms with E-state index >= 15 is 0 Å². The Morgan fingerprint density at radius 3 is 2.41 bits per heavy atom. The van der Waals surface area contributed by atoms with Crippen molar-refractivity contribution in [2.45, 2.75) is 64.5 Å². The van der Waals surface area contributed by atoms with E-state index in [4.69, 9.17) is 4.74 Å². The van der Waals surface area contributed by atoms with Crippen molar-refractivity contribution in [3.63, 3.8) is 0 Å². The third kappa shape index (κ3) is 5.96. The summed E-state index contributed by atoms with van der Waals surface area (Å²) < 4.78 is 5.79. The molecule has 1 saturated carbocycles. The van der Waals surface area contributed by atoms with E-state index in [2.05, 4.69) is 22.8 Å². The smallest absolute Gasteiger partial charge is 0.315 e. The Morgan fingerprint density at radius 2 is 1.82 bits per heavy atom. The zero-order valence-corrected chi connectivity index (χ0v) is 13.9. The lowest BCUT2D eigenvalue weighted by Gasteiger charge is -2.21. The fourth-order valence-corrected chi connectivity index (χ4v) is 2.70. The summed E-state index contributed by atoms with van der Waals surface area (Å²) in [6.45, 7) is 6.76. The van der Waals surface area contributed by atoms with Gasteiger partial charge in [-0.2, -0.15) is 0 Å². The van der Waals surface area contributed by atoms with E-state index in [1.165, 1.54) is 18.4 Å². The number of nitrogens with one attached hydrogen (secondary N) is 2. The van der Waals surface area contributed by atoms with Crippen molar-refractivity contribution in [2.24, 2.45) is 0 Å². The molecule has 122 valence electrons. The molecule has 22 heavy (non-hydrogen) atoms. The highest BCUT2D eigenvalue weighted by atomic mass is 16.5. The van der Waals surface area contributed by atoms with Crippen molar-refractivity contribution in [1.29, 1.82) is 0 Å². The summed E-state index contributed by atoms with van der Waals surface area (Å²) in [6, 6.07) is 8.40. The predicted octanol–water partition coefficient (Wildman–Crippen LogP) is 3.65. The normalized spacial score (nSPS) is 15.6. The van der Waals surface area contributed by atoms with Gasteiger partial charge in [-0.05, 0) is 57.7 Å². The predicted molar refractivity (Wildman–Crippen MR) is 89.3 cm³/mol. The minimum Gasteiger partial charge on any atom is -0.488 e. The first-order valence-electron chi connectivity index (χ1n) is 8.25. The maximum Gasteiger partial charge on any atom is 0.315 e. The van der Waals surface area contributed by atoms with Crippen LogP contribution in [0.5, 0.6) is 5.75 Å². The lowest BCUT2D eigenvalue weighted by atomic mass is 10.1. The van der Waals surface area contributed by atoms with Crippen molar-refractivity contribution >= 4 is 6.03 Å². The van der Waals surface area contributed by atoms with Crippen molar-refractivity contribution in [3.05, 3.63) is 29.8 Å². The molecule has 4 heteroatoms. The van der Waals surface area contributed by atoms with Crippen LogP contribution in [0.15, 0.2) is 24.3 Å². The van der Waals surface area contributed by atoms with Crippen molar-refractivity contribution in [3.8, 4) is 5.75 Å². The summed E-state index contributed by atoms with van der Waals surface area (Å²) in [5.41, 5.74) is 1.02. The Morgan fingerprint density at radius 1 is 1.18 bits per heavy atom. The Balaban J connectivity index is 1.69. The first kappa shape index (κ1) is 16.7. The highest BCUT2D eigenvalue weighted by Gasteiger charge is 2.16. The fourth-order valence-electron chi connectivity index (χ4n) is 2.70. The number of amides is 2. The van der Waals surface area contributed by atoms with E-state index in [1.807, 2.05) is 32.9 Å². The Kier molecular flexibility index (Phi) is 5.69. The number of benzene rings is 1. The zero-order chi connectivity index (χ0) is 16.0. The number of hydrogen-bond donors (Lipinski definition) is 2. The van der Waals surface area contributed by atoms with Crippen LogP contribution >= 0.6 is 0 Å². The average molecular weight is 304 g/mol. The van der Waals surface area contributed by atoms with Crippen molar-refractivity contribution in [1.82, 2.24) is 10.6 Å². The van der Waals surface area contributed by atoms with Crippen LogP contribution in [-0.4, -0.2) is 24.2 Å². The standard InChI is InChI=1S/C18H28N2O2/c1-18(2,3)22-16-10-8-14(9-11-16)12-13-19-17(21)20-15-6-4-5-7-15/h8-11,15H,4-7,12-13H2,1-3H3,(H2,19,20,21). The summed E-state index contributed by atoms with van der Waals surface area (Å²) in [5, 5.41) is 5.96. The van der Waals surface area contributed by atoms with Crippen molar-refractivity contribution in [2.75, 3.05) is 6.54 Å². The minimum atomic E-state index is -0.179. The first-order valence-corrected chi connectivity index (χ1v) is 8.25. The monoisotopic (exact) mass is 304 g/mol. The molecule has 0 atom stereocenters. The number of urea groups is 1. The van der Waals surface area contributed by atoms with E-state index in [0.29, 0.717) is 12.6 Å². The topological polar surface area (TPSA) is 50.4 Å². The molecule has 0 bridgehead atoms. The van der Waals surface area contributed by atoms with Crippen molar-refractivity contribution < 1.29 is 9.53 Å². The Hall–Kier alpha value is -1.71. The summed E-state index contributed by atoms with van der Waals surface area (Å²) in [6.07, 6.45) is 5.51. The van der Waals surface area contributed by atoms with Crippen LogP contribution in [0, 0.1) is 0 Å². The number of hydrogen-bond acceptors (Lipinski definition) is 2. The summed E-state index contributed by atoms with van der Waals surface area (Å²) in [7, 11) is 0. The molecule has 0 unspecified atom stereocenters. The molecule has 0 heterocycles. The molecule has 0 saturated heterocycles. The molecule has 1 fully saturated rings. The quantitative estimate of drug-likeness (QED) is 0.872. The second kappa shape index (κ2) is 7.52. The zero-order valence-electron chi connectivity index (χ0n) is 13.9. The average Bonchev–Trinajstić information content (AvgIpc) is 2.92. The molecule has 1 aliphatic rings. The first-order chi connectivity index (χ1) is 10.4. The van der Waals surface area contributed by atoms with Gasteiger partial charge >= 0.3 is 6.03 Å². The molecule has 1 aliphatic carbocycles. The summed E-state index contributed by atoms with van der Waals surface area (Å²) >= 11 is 0. The number of carbonyl (C=O) groups excluding carboxylic acids is 1. The Bertz CT molecular complexity index is 471. The van der Waals surface area contributed by atoms with Crippen LogP contribution in [0.4, 0.5) is 4.79 Å². The molecule has 0 aliphatic heterocycles. The van der Waals surface area contributed by atoms with Gasteiger partial charge in [-0.1, -0.05) is 25.0 Å². The molecule has 1 aromatic rings. The summed E-state index contributed by atoms with van der Waals surface area (Å²) in [4.78, 5) is 11.8. The maximum absolute atomic E-state index is 11.8. The second-order valence-electron chi connectivity index (χ2n) is 6.99. The van der Waals surface area contributed by atoms with Gasteiger partial charge in [0.25, 0.3) is 0 Å². The van der Waals surface area contributed by atoms with Gasteiger partial charge in [-0.25, -0.2) is 4.79 Å². The van der Waals surface area contributed by atoms with Gasteiger partial charge in [0.15, 0.2) is 0 Å². The molecule has 0 radical (unpaired) electrons. The third-order valence-corrected chi connectivity index (χ3v) is 3.74. The minimum absolute atomic E-state index is 0.0420. The maximum atomic E-state index is 11.8. The fraction of sp³-hybridized carbons (Fsp3) is 0.611. The molecular formula is C18H28N2O2. The highest BCUT2D eigenvalue weighted by molar-refractivity contribution is 5.74. The van der Waals surface area contributed by atoms with E-state index in [0.717, 1.165) is 25.0 Å². The molecule has 0 spiro atoms. The van der Waals surface area contributed by atoms with E-state index in [9.17, 15) is 4.79 Å². The van der Waals surface area contributed by atoms with E-state index in [-0.39, 0.29) is 11.6 Å². The van der Waals surface area contributed by atoms with Gasteiger partial charge in [0.2, 0.25) is 0 Å². The largest absolute Gasteiger partial charge is 0.488 e. The molecule has 2 amide bonds. The van der Waals surface area contributed by atoms with Crippen LogP contribution in [0.25, 0.3) is 0 Å². The van der Waals surface area contributed by atoms with Crippen LogP contribution in [0.1, 0.15) is 52.0 Å². The Labute approximate surface area is 133 Å². The van der Waals surface area contributed by atoms with Gasteiger partial charge in [0, 0.05) is 12.6 Å². The van der Waals surface area contributed by atoms with Crippen LogP contribution in [0.2, 0.25) is 0 Å². The van der Waals surface area contributed by atoms with Crippen LogP contribution in [0.3, 0.4) is 0 Å². The number of ether oxygens (including phenoxy) is 1. The molecular weight excluding hydrogens is 276 g/mol. The third-order valence-electron chi connectivity index (χ3n) is 3.74. The van der Waals surface area contributed by atoms with E-state index < -0.39 is 0 Å². The molecule has 0 aromatic heterocycles. The SMILES string of the molecule is CC(C)(C)Oc1ccc(CCNC(=O)NC2CCCC2)cc1.